The van der Waals surface area contributed by atoms with Crippen molar-refractivity contribution in [1.29, 1.82) is 0 Å². The summed E-state index contributed by atoms with van der Waals surface area (Å²) in [4.78, 5) is 23.9. The van der Waals surface area contributed by atoms with E-state index in [1.165, 1.54) is 0 Å². The van der Waals surface area contributed by atoms with E-state index in [0.717, 1.165) is 0 Å². The molecule has 0 spiro atoms. The van der Waals surface area contributed by atoms with Crippen LogP contribution in [0.15, 0.2) is 10.2 Å². The number of likely N-dealkylation sites (tertiary alicyclic amines) is 1. The lowest BCUT2D eigenvalue weighted by Gasteiger charge is -2.36. The lowest BCUT2D eigenvalue weighted by molar-refractivity contribution is -0.152. The third-order valence-electron chi connectivity index (χ3n) is 3.38. The first-order valence-electron chi connectivity index (χ1n) is 5.94. The summed E-state index contributed by atoms with van der Waals surface area (Å²) in [6.07, 6.45) is 7.39. The van der Waals surface area contributed by atoms with Gasteiger partial charge in [0.25, 0.3) is 0 Å². The van der Waals surface area contributed by atoms with Crippen molar-refractivity contribution in [1.82, 2.24) is 4.90 Å². The van der Waals surface area contributed by atoms with Crippen molar-refractivity contribution in [2.24, 2.45) is 16.1 Å². The van der Waals surface area contributed by atoms with Crippen LogP contribution < -0.4 is 0 Å². The lowest BCUT2D eigenvalue weighted by Crippen LogP contribution is -2.53. The summed E-state index contributed by atoms with van der Waals surface area (Å²) >= 11 is 0. The number of carbonyl (C=O) groups is 2. The Morgan fingerprint density at radius 2 is 2.06 bits per heavy atom. The van der Waals surface area contributed by atoms with E-state index in [9.17, 15) is 9.59 Å². The van der Waals surface area contributed by atoms with Crippen LogP contribution in [0.4, 0.5) is 0 Å². The molecule has 0 aromatic carbocycles. The van der Waals surface area contributed by atoms with E-state index in [0.29, 0.717) is 38.8 Å². The molecule has 1 fully saturated rings. The molecule has 18 heavy (non-hydrogen) atoms. The number of amides is 1. The van der Waals surface area contributed by atoms with Crippen LogP contribution in [0.2, 0.25) is 0 Å². The van der Waals surface area contributed by atoms with Gasteiger partial charge in [-0.3, -0.25) is 9.59 Å². The van der Waals surface area contributed by atoms with Crippen molar-refractivity contribution in [3.63, 3.8) is 0 Å². The zero-order valence-electron chi connectivity index (χ0n) is 10.0. The second-order valence-electron chi connectivity index (χ2n) is 4.72. The standard InChI is InChI=1S/C12H15N3O3/c1-2-3-5-12(13-14-12)6-4-10(16)15-7-9(8-15)11(17)18/h1,9H,3-8H2,(H,17,18). The fraction of sp³-hybridized carbons (Fsp3) is 0.667. The van der Waals surface area contributed by atoms with Gasteiger partial charge in [-0.05, 0) is 0 Å². The Balaban J connectivity index is 1.67. The molecule has 0 unspecified atom stereocenters. The van der Waals surface area contributed by atoms with Crippen molar-refractivity contribution < 1.29 is 14.7 Å². The highest BCUT2D eigenvalue weighted by molar-refractivity contribution is 5.81. The van der Waals surface area contributed by atoms with E-state index in [-0.39, 0.29) is 5.91 Å². The van der Waals surface area contributed by atoms with Crippen molar-refractivity contribution >= 4 is 11.9 Å². The Labute approximate surface area is 105 Å². The average molecular weight is 249 g/mol. The van der Waals surface area contributed by atoms with E-state index in [4.69, 9.17) is 11.5 Å². The number of nitrogens with zero attached hydrogens (tertiary/aromatic N) is 3. The smallest absolute Gasteiger partial charge is 0.310 e. The molecule has 0 saturated carbocycles. The van der Waals surface area contributed by atoms with Gasteiger partial charge in [0.2, 0.25) is 5.91 Å². The molecular weight excluding hydrogens is 234 g/mol. The summed E-state index contributed by atoms with van der Waals surface area (Å²) < 4.78 is 0. The molecular formula is C12H15N3O3. The molecule has 0 bridgehead atoms. The summed E-state index contributed by atoms with van der Waals surface area (Å²) in [5.74, 6) is 1.27. The van der Waals surface area contributed by atoms with Gasteiger partial charge in [0.05, 0.1) is 5.92 Å². The first kappa shape index (κ1) is 12.6. The maximum absolute atomic E-state index is 11.8. The van der Waals surface area contributed by atoms with E-state index in [1.807, 2.05) is 0 Å². The molecule has 2 heterocycles. The molecule has 2 aliphatic rings. The van der Waals surface area contributed by atoms with E-state index < -0.39 is 17.6 Å². The van der Waals surface area contributed by atoms with Crippen LogP contribution in [0.5, 0.6) is 0 Å². The minimum atomic E-state index is -0.836. The van der Waals surface area contributed by atoms with Crippen LogP contribution >= 0.6 is 0 Å². The Bertz CT molecular complexity index is 426. The molecule has 2 aliphatic heterocycles. The SMILES string of the molecule is C#CCCC1(CCC(=O)N2CC(C(=O)O)C2)N=N1. The number of carboxylic acids is 1. The number of hydrogen-bond acceptors (Lipinski definition) is 4. The number of aliphatic carboxylic acids is 1. The van der Waals surface area contributed by atoms with Crippen molar-refractivity contribution in [2.75, 3.05) is 13.1 Å². The molecule has 0 atom stereocenters. The quantitative estimate of drug-likeness (QED) is 0.709. The van der Waals surface area contributed by atoms with Crippen LogP contribution in [-0.4, -0.2) is 40.6 Å². The van der Waals surface area contributed by atoms with Gasteiger partial charge in [-0.1, -0.05) is 0 Å². The van der Waals surface area contributed by atoms with Gasteiger partial charge < -0.3 is 10.0 Å². The van der Waals surface area contributed by atoms with E-state index in [1.54, 1.807) is 4.90 Å². The third kappa shape index (κ3) is 2.67. The van der Waals surface area contributed by atoms with Crippen molar-refractivity contribution in [2.45, 2.75) is 31.3 Å². The molecule has 6 nitrogen and oxygen atoms in total. The number of terminal acetylenes is 1. The maximum Gasteiger partial charge on any atom is 0.310 e. The van der Waals surface area contributed by atoms with Crippen LogP contribution in [0.1, 0.15) is 25.7 Å². The predicted octanol–water partition coefficient (Wildman–Crippen LogP) is 0.885. The Morgan fingerprint density at radius 1 is 1.39 bits per heavy atom. The van der Waals surface area contributed by atoms with Crippen LogP contribution in [-0.2, 0) is 9.59 Å². The van der Waals surface area contributed by atoms with Gasteiger partial charge in [-0.2, -0.15) is 10.2 Å². The molecule has 0 aliphatic carbocycles. The molecule has 1 saturated heterocycles. The van der Waals surface area contributed by atoms with Crippen LogP contribution in [0.25, 0.3) is 0 Å². The minimum Gasteiger partial charge on any atom is -0.481 e. The number of hydrogen-bond donors (Lipinski definition) is 1. The Hall–Kier alpha value is -1.90. The molecule has 6 heteroatoms. The highest BCUT2D eigenvalue weighted by atomic mass is 16.4. The largest absolute Gasteiger partial charge is 0.481 e. The van der Waals surface area contributed by atoms with Gasteiger partial charge in [-0.15, -0.1) is 12.3 Å². The summed E-state index contributed by atoms with van der Waals surface area (Å²) in [5, 5.41) is 16.6. The first-order valence-corrected chi connectivity index (χ1v) is 5.94. The highest BCUT2D eigenvalue weighted by Gasteiger charge is 2.41. The van der Waals surface area contributed by atoms with E-state index >= 15 is 0 Å². The van der Waals surface area contributed by atoms with Crippen LogP contribution in [0, 0.1) is 18.3 Å². The predicted molar refractivity (Wildman–Crippen MR) is 62.6 cm³/mol. The van der Waals surface area contributed by atoms with Crippen molar-refractivity contribution in [3.8, 4) is 12.3 Å². The monoisotopic (exact) mass is 249 g/mol. The summed E-state index contributed by atoms with van der Waals surface area (Å²) in [5.41, 5.74) is -0.431. The maximum atomic E-state index is 11.8. The molecule has 1 amide bonds. The third-order valence-corrected chi connectivity index (χ3v) is 3.38. The minimum absolute atomic E-state index is 0.0233. The number of rotatable bonds is 6. The van der Waals surface area contributed by atoms with Gasteiger partial charge in [0.15, 0.2) is 5.66 Å². The molecule has 2 rings (SSSR count). The average Bonchev–Trinajstić information content (AvgIpc) is 3.02. The Kier molecular flexibility index (Phi) is 3.32. The summed E-state index contributed by atoms with van der Waals surface area (Å²) in [7, 11) is 0. The van der Waals surface area contributed by atoms with Crippen LogP contribution in [0.3, 0.4) is 0 Å². The summed E-state index contributed by atoms with van der Waals surface area (Å²) in [6, 6.07) is 0. The topological polar surface area (TPSA) is 82.3 Å². The zero-order chi connectivity index (χ0) is 13.2. The summed E-state index contributed by atoms with van der Waals surface area (Å²) in [6.45, 7) is 0.639. The molecule has 96 valence electrons. The Morgan fingerprint density at radius 3 is 2.56 bits per heavy atom. The van der Waals surface area contributed by atoms with Gasteiger partial charge in [0, 0.05) is 38.8 Å². The lowest BCUT2D eigenvalue weighted by atomic mass is 9.97. The second kappa shape index (κ2) is 4.77. The zero-order valence-corrected chi connectivity index (χ0v) is 10.0. The highest BCUT2D eigenvalue weighted by Crippen LogP contribution is 2.37. The normalized spacial score (nSPS) is 20.1. The van der Waals surface area contributed by atoms with Gasteiger partial charge >= 0.3 is 5.97 Å². The number of carboxylic acid groups (broad SMARTS) is 1. The van der Waals surface area contributed by atoms with Crippen molar-refractivity contribution in [3.05, 3.63) is 0 Å². The molecule has 0 aromatic heterocycles. The fourth-order valence-corrected chi connectivity index (χ4v) is 1.97. The van der Waals surface area contributed by atoms with E-state index in [2.05, 4.69) is 16.1 Å². The first-order chi connectivity index (χ1) is 8.56. The van der Waals surface area contributed by atoms with Gasteiger partial charge in [0.1, 0.15) is 0 Å². The molecule has 1 N–H and O–H groups in total. The number of carbonyl (C=O) groups excluding carboxylic acids is 1. The fourth-order valence-electron chi connectivity index (χ4n) is 1.97. The molecule has 0 aromatic rings. The second-order valence-corrected chi connectivity index (χ2v) is 4.72. The molecule has 0 radical (unpaired) electrons. The van der Waals surface area contributed by atoms with Gasteiger partial charge in [-0.25, -0.2) is 0 Å².